The highest BCUT2D eigenvalue weighted by Crippen LogP contribution is 2.29. The van der Waals surface area contributed by atoms with Crippen molar-refractivity contribution in [2.75, 3.05) is 63.7 Å². The van der Waals surface area contributed by atoms with Gasteiger partial charge in [-0.05, 0) is 24.6 Å². The molecule has 0 spiro atoms. The second-order valence-electron chi connectivity index (χ2n) is 6.69. The first-order valence-corrected chi connectivity index (χ1v) is 9.73. The van der Waals surface area contributed by atoms with Crippen LogP contribution >= 0.6 is 24.0 Å². The molecule has 1 aromatic heterocycles. The molecule has 1 aliphatic heterocycles. The summed E-state index contributed by atoms with van der Waals surface area (Å²) in [6.45, 7) is 5.56. The van der Waals surface area contributed by atoms with Gasteiger partial charge in [-0.2, -0.15) is 0 Å². The van der Waals surface area contributed by atoms with Crippen LogP contribution in [-0.4, -0.2) is 74.3 Å². The van der Waals surface area contributed by atoms with Crippen molar-refractivity contribution in [1.29, 1.82) is 0 Å². The predicted molar refractivity (Wildman–Crippen MR) is 130 cm³/mol. The minimum absolute atomic E-state index is 0. The summed E-state index contributed by atoms with van der Waals surface area (Å²) < 4.78 is 10.5. The first-order valence-electron chi connectivity index (χ1n) is 9.73. The molecule has 164 valence electrons. The summed E-state index contributed by atoms with van der Waals surface area (Å²) in [5, 5.41) is 3.09. The molecule has 0 amide bonds. The van der Waals surface area contributed by atoms with Crippen LogP contribution in [0.5, 0.6) is 11.5 Å². The number of halogens is 1. The van der Waals surface area contributed by atoms with Gasteiger partial charge in [0.05, 0.1) is 14.2 Å². The van der Waals surface area contributed by atoms with E-state index < -0.39 is 0 Å². The average Bonchev–Trinajstić information content (AvgIpc) is 2.77. The maximum absolute atomic E-state index is 6.00. The van der Waals surface area contributed by atoms with Gasteiger partial charge in [0.1, 0.15) is 0 Å². The zero-order chi connectivity index (χ0) is 20.5. The summed E-state index contributed by atoms with van der Waals surface area (Å²) in [4.78, 5) is 17.7. The van der Waals surface area contributed by atoms with Gasteiger partial charge < -0.3 is 25.4 Å². The zero-order valence-corrected chi connectivity index (χ0v) is 19.8. The van der Waals surface area contributed by atoms with Crippen LogP contribution in [0.3, 0.4) is 0 Å². The fourth-order valence-corrected chi connectivity index (χ4v) is 3.22. The molecule has 1 saturated heterocycles. The normalized spacial score (nSPS) is 14.7. The van der Waals surface area contributed by atoms with Crippen LogP contribution in [-0.2, 0) is 0 Å². The van der Waals surface area contributed by atoms with Gasteiger partial charge in [0.15, 0.2) is 17.5 Å². The van der Waals surface area contributed by atoms with Crippen molar-refractivity contribution in [3.8, 4) is 11.5 Å². The maximum atomic E-state index is 6.00. The van der Waals surface area contributed by atoms with E-state index in [9.17, 15) is 0 Å². The van der Waals surface area contributed by atoms with Gasteiger partial charge in [-0.25, -0.2) is 9.97 Å². The Morgan fingerprint density at radius 1 is 1.10 bits per heavy atom. The van der Waals surface area contributed by atoms with Crippen LogP contribution < -0.4 is 25.4 Å². The SMILES string of the molecule is COc1ccc(NC(N)=NCCCN2CCN(c3ncccn3)CC2)cc1OC.I. The minimum atomic E-state index is 0. The van der Waals surface area contributed by atoms with E-state index in [1.165, 1.54) is 0 Å². The van der Waals surface area contributed by atoms with E-state index >= 15 is 0 Å². The Labute approximate surface area is 194 Å². The highest BCUT2D eigenvalue weighted by Gasteiger charge is 2.18. The van der Waals surface area contributed by atoms with Crippen LogP contribution in [0, 0.1) is 0 Å². The molecular weight excluding hydrogens is 497 g/mol. The number of guanidine groups is 1. The second-order valence-corrected chi connectivity index (χ2v) is 6.69. The molecule has 2 heterocycles. The number of piperazine rings is 1. The Morgan fingerprint density at radius 2 is 1.80 bits per heavy atom. The highest BCUT2D eigenvalue weighted by atomic mass is 127. The summed E-state index contributed by atoms with van der Waals surface area (Å²) in [6, 6.07) is 7.37. The summed E-state index contributed by atoms with van der Waals surface area (Å²) in [5.74, 6) is 2.52. The molecule has 3 N–H and O–H groups in total. The van der Waals surface area contributed by atoms with Crippen molar-refractivity contribution in [3.05, 3.63) is 36.7 Å². The number of aliphatic imine (C=N–C) groups is 1. The van der Waals surface area contributed by atoms with Gasteiger partial charge in [0, 0.05) is 63.4 Å². The quantitative estimate of drug-likeness (QED) is 0.233. The lowest BCUT2D eigenvalue weighted by Crippen LogP contribution is -2.47. The van der Waals surface area contributed by atoms with E-state index in [2.05, 4.69) is 30.1 Å². The number of rotatable bonds is 8. The van der Waals surface area contributed by atoms with Gasteiger partial charge in [0.2, 0.25) is 5.95 Å². The molecule has 0 unspecified atom stereocenters. The van der Waals surface area contributed by atoms with Crippen molar-refractivity contribution in [3.63, 3.8) is 0 Å². The smallest absolute Gasteiger partial charge is 0.225 e. The summed E-state index contributed by atoms with van der Waals surface area (Å²) >= 11 is 0. The monoisotopic (exact) mass is 527 g/mol. The molecule has 1 fully saturated rings. The second kappa shape index (κ2) is 12.4. The lowest BCUT2D eigenvalue weighted by molar-refractivity contribution is 0.255. The van der Waals surface area contributed by atoms with Gasteiger partial charge in [-0.3, -0.25) is 9.89 Å². The van der Waals surface area contributed by atoms with Gasteiger partial charge in [-0.1, -0.05) is 0 Å². The topological polar surface area (TPSA) is 101 Å². The van der Waals surface area contributed by atoms with E-state index in [0.717, 1.165) is 50.8 Å². The summed E-state index contributed by atoms with van der Waals surface area (Å²) in [6.07, 6.45) is 4.52. The van der Waals surface area contributed by atoms with Crippen molar-refractivity contribution in [2.24, 2.45) is 10.7 Å². The number of ether oxygens (including phenoxy) is 2. The Kier molecular flexibility index (Phi) is 9.87. The minimum Gasteiger partial charge on any atom is -0.493 e. The van der Waals surface area contributed by atoms with Crippen molar-refractivity contribution in [2.45, 2.75) is 6.42 Å². The van der Waals surface area contributed by atoms with Gasteiger partial charge in [0.25, 0.3) is 0 Å². The van der Waals surface area contributed by atoms with Crippen molar-refractivity contribution in [1.82, 2.24) is 14.9 Å². The van der Waals surface area contributed by atoms with Gasteiger partial charge >= 0.3 is 0 Å². The molecule has 3 rings (SSSR count). The van der Waals surface area contributed by atoms with Crippen LogP contribution in [0.1, 0.15) is 6.42 Å². The third-order valence-electron chi connectivity index (χ3n) is 4.78. The first kappa shape index (κ1) is 23.9. The van der Waals surface area contributed by atoms with Crippen LogP contribution in [0.2, 0.25) is 0 Å². The molecule has 1 aliphatic rings. The Hall–Kier alpha value is -2.34. The molecule has 30 heavy (non-hydrogen) atoms. The number of hydrogen-bond donors (Lipinski definition) is 2. The first-order chi connectivity index (χ1) is 14.2. The van der Waals surface area contributed by atoms with E-state index in [-0.39, 0.29) is 24.0 Å². The number of nitrogens with two attached hydrogens (primary N) is 1. The Bertz CT molecular complexity index is 799. The number of nitrogens with one attached hydrogen (secondary N) is 1. The molecule has 0 radical (unpaired) electrons. The lowest BCUT2D eigenvalue weighted by atomic mass is 10.3. The third-order valence-corrected chi connectivity index (χ3v) is 4.78. The maximum Gasteiger partial charge on any atom is 0.225 e. The largest absolute Gasteiger partial charge is 0.493 e. The van der Waals surface area contributed by atoms with Crippen molar-refractivity contribution >= 4 is 41.6 Å². The predicted octanol–water partition coefficient (Wildman–Crippen LogP) is 2.05. The fourth-order valence-electron chi connectivity index (χ4n) is 3.22. The molecule has 2 aromatic rings. The third kappa shape index (κ3) is 6.87. The molecule has 10 heteroatoms. The molecule has 9 nitrogen and oxygen atoms in total. The number of hydrogen-bond acceptors (Lipinski definition) is 7. The van der Waals surface area contributed by atoms with E-state index in [1.807, 2.05) is 24.3 Å². The van der Waals surface area contributed by atoms with Crippen LogP contribution in [0.4, 0.5) is 11.6 Å². The standard InChI is InChI=1S/C20H29N7O2.HI/c1-28-17-6-5-16(15-18(17)29-2)25-19(21)22-9-4-10-26-11-13-27(14-12-26)20-23-7-3-8-24-20;/h3,5-8,15H,4,9-14H2,1-2H3,(H3,21,22,25);1H. The molecular formula is C20H30IN7O2. The number of aromatic nitrogens is 2. The Morgan fingerprint density at radius 3 is 2.47 bits per heavy atom. The number of anilines is 2. The molecule has 0 bridgehead atoms. The highest BCUT2D eigenvalue weighted by molar-refractivity contribution is 14.0. The molecule has 0 saturated carbocycles. The summed E-state index contributed by atoms with van der Waals surface area (Å²) in [7, 11) is 3.21. The van der Waals surface area contributed by atoms with Crippen LogP contribution in [0.15, 0.2) is 41.7 Å². The number of nitrogens with zero attached hydrogens (tertiary/aromatic N) is 5. The molecule has 0 atom stereocenters. The zero-order valence-electron chi connectivity index (χ0n) is 17.5. The fraction of sp³-hybridized carbons (Fsp3) is 0.450. The number of benzene rings is 1. The van der Waals surface area contributed by atoms with E-state index in [4.69, 9.17) is 15.2 Å². The molecule has 0 aliphatic carbocycles. The van der Waals surface area contributed by atoms with E-state index in [1.54, 1.807) is 26.6 Å². The molecule has 1 aromatic carbocycles. The summed E-state index contributed by atoms with van der Waals surface area (Å²) in [5.41, 5.74) is 6.81. The van der Waals surface area contributed by atoms with Crippen molar-refractivity contribution < 1.29 is 9.47 Å². The number of methoxy groups -OCH3 is 2. The average molecular weight is 527 g/mol. The van der Waals surface area contributed by atoms with Gasteiger partial charge in [-0.15, -0.1) is 24.0 Å². The Balaban J connectivity index is 0.00000320. The van der Waals surface area contributed by atoms with Crippen LogP contribution in [0.25, 0.3) is 0 Å². The van der Waals surface area contributed by atoms with E-state index in [0.29, 0.717) is 24.0 Å². The lowest BCUT2D eigenvalue weighted by Gasteiger charge is -2.34.